The number of rotatable bonds is 4. The molecule has 2 atom stereocenters. The van der Waals surface area contributed by atoms with Gasteiger partial charge in [-0.25, -0.2) is 4.39 Å². The Morgan fingerprint density at radius 1 is 1.13 bits per heavy atom. The lowest BCUT2D eigenvalue weighted by Crippen LogP contribution is -2.53. The number of amides is 2. The normalized spacial score (nSPS) is 21.3. The topological polar surface area (TPSA) is 65.6 Å². The zero-order chi connectivity index (χ0) is 20.7. The molecule has 6 nitrogen and oxygen atoms in total. The van der Waals surface area contributed by atoms with Gasteiger partial charge in [0.1, 0.15) is 12.4 Å². The summed E-state index contributed by atoms with van der Waals surface area (Å²) in [5.41, 5.74) is 2.83. The molecular formula is C23H22FN3O3. The number of carbonyl (C=O) groups is 2. The second-order valence-corrected chi connectivity index (χ2v) is 7.90. The monoisotopic (exact) mass is 407 g/mol. The number of halogens is 1. The number of hydrogen-bond donors (Lipinski definition) is 1. The van der Waals surface area contributed by atoms with Gasteiger partial charge in [-0.15, -0.1) is 0 Å². The molecule has 5 rings (SSSR count). The second kappa shape index (κ2) is 7.57. The standard InChI is InChI=1S/C23H22FN3O3/c24-17-7-5-15(6-8-17)11-27-20-12-26(13-21(20)30-14-23(27)29)22(28)9-16-10-25-19-4-2-1-3-18(16)19/h1-8,10,20-21,25H,9,11-14H2/t20-,21+/m1/s1. The van der Waals surface area contributed by atoms with Crippen LogP contribution in [0.15, 0.2) is 54.7 Å². The van der Waals surface area contributed by atoms with E-state index in [0.29, 0.717) is 26.1 Å². The number of morpholine rings is 1. The van der Waals surface area contributed by atoms with Crippen LogP contribution in [-0.4, -0.2) is 58.4 Å². The van der Waals surface area contributed by atoms with E-state index >= 15 is 0 Å². The van der Waals surface area contributed by atoms with Crippen LogP contribution in [0.4, 0.5) is 4.39 Å². The van der Waals surface area contributed by atoms with Gasteiger partial charge in [0.25, 0.3) is 0 Å². The van der Waals surface area contributed by atoms with Crippen LogP contribution in [0.2, 0.25) is 0 Å². The number of para-hydroxylation sites is 1. The van der Waals surface area contributed by atoms with Crippen LogP contribution in [0.5, 0.6) is 0 Å². The molecule has 3 aromatic rings. The number of hydrogen-bond acceptors (Lipinski definition) is 3. The van der Waals surface area contributed by atoms with Gasteiger partial charge in [0.15, 0.2) is 0 Å². The average Bonchev–Trinajstić information content (AvgIpc) is 3.36. The van der Waals surface area contributed by atoms with Gasteiger partial charge in [-0.2, -0.15) is 0 Å². The minimum absolute atomic E-state index is 0.00679. The van der Waals surface area contributed by atoms with E-state index in [-0.39, 0.29) is 36.4 Å². The molecule has 0 radical (unpaired) electrons. The van der Waals surface area contributed by atoms with Gasteiger partial charge in [-0.1, -0.05) is 30.3 Å². The van der Waals surface area contributed by atoms with Crippen molar-refractivity contribution in [1.29, 1.82) is 0 Å². The fourth-order valence-corrected chi connectivity index (χ4v) is 4.41. The summed E-state index contributed by atoms with van der Waals surface area (Å²) in [6.07, 6.45) is 1.98. The number of carbonyl (C=O) groups excluding carboxylic acids is 2. The van der Waals surface area contributed by atoms with E-state index in [1.54, 1.807) is 21.9 Å². The van der Waals surface area contributed by atoms with E-state index in [1.165, 1.54) is 12.1 Å². The molecular weight excluding hydrogens is 385 g/mol. The predicted molar refractivity (Wildman–Crippen MR) is 109 cm³/mol. The van der Waals surface area contributed by atoms with Crippen molar-refractivity contribution < 1.29 is 18.7 Å². The van der Waals surface area contributed by atoms with E-state index in [2.05, 4.69) is 4.98 Å². The Labute approximate surface area is 173 Å². The minimum atomic E-state index is -0.306. The van der Waals surface area contributed by atoms with Crippen LogP contribution in [0.3, 0.4) is 0 Å². The summed E-state index contributed by atoms with van der Waals surface area (Å²) in [6, 6.07) is 13.9. The third-order valence-electron chi connectivity index (χ3n) is 6.01. The summed E-state index contributed by atoms with van der Waals surface area (Å²) in [5.74, 6) is -0.390. The second-order valence-electron chi connectivity index (χ2n) is 7.90. The molecule has 1 N–H and O–H groups in total. The molecule has 30 heavy (non-hydrogen) atoms. The molecule has 2 amide bonds. The number of benzene rings is 2. The fourth-order valence-electron chi connectivity index (χ4n) is 4.41. The van der Waals surface area contributed by atoms with Crippen molar-refractivity contribution in [3.05, 3.63) is 71.7 Å². The Morgan fingerprint density at radius 2 is 1.93 bits per heavy atom. The smallest absolute Gasteiger partial charge is 0.249 e. The number of H-pyrrole nitrogens is 1. The maximum atomic E-state index is 13.2. The van der Waals surface area contributed by atoms with Crippen LogP contribution >= 0.6 is 0 Å². The van der Waals surface area contributed by atoms with Gasteiger partial charge >= 0.3 is 0 Å². The van der Waals surface area contributed by atoms with Crippen LogP contribution in [-0.2, 0) is 27.3 Å². The van der Waals surface area contributed by atoms with Gasteiger partial charge in [-0.3, -0.25) is 9.59 Å². The van der Waals surface area contributed by atoms with Gasteiger partial charge in [0, 0.05) is 36.7 Å². The summed E-state index contributed by atoms with van der Waals surface area (Å²) in [6.45, 7) is 1.30. The highest BCUT2D eigenvalue weighted by molar-refractivity contribution is 5.89. The minimum Gasteiger partial charge on any atom is -0.364 e. The van der Waals surface area contributed by atoms with Gasteiger partial charge < -0.3 is 19.5 Å². The molecule has 1 aromatic heterocycles. The van der Waals surface area contributed by atoms with Crippen molar-refractivity contribution in [3.8, 4) is 0 Å². The number of fused-ring (bicyclic) bond motifs is 2. The number of ether oxygens (including phenoxy) is 1. The quantitative estimate of drug-likeness (QED) is 0.723. The van der Waals surface area contributed by atoms with Gasteiger partial charge in [-0.05, 0) is 29.3 Å². The summed E-state index contributed by atoms with van der Waals surface area (Å²) in [7, 11) is 0. The molecule has 2 aliphatic rings. The third-order valence-corrected chi connectivity index (χ3v) is 6.01. The molecule has 0 unspecified atom stereocenters. The summed E-state index contributed by atoms with van der Waals surface area (Å²) in [4.78, 5) is 32.3. The molecule has 3 heterocycles. The first-order valence-electron chi connectivity index (χ1n) is 10.1. The molecule has 0 bridgehead atoms. The number of nitrogens with one attached hydrogen (secondary N) is 1. The first kappa shape index (κ1) is 18.8. The average molecular weight is 407 g/mol. The number of likely N-dealkylation sites (tertiary alicyclic amines) is 1. The van der Waals surface area contributed by atoms with Gasteiger partial charge in [0.2, 0.25) is 11.8 Å². The first-order valence-corrected chi connectivity index (χ1v) is 10.1. The predicted octanol–water partition coefficient (Wildman–Crippen LogP) is 2.49. The van der Waals surface area contributed by atoms with Crippen LogP contribution < -0.4 is 0 Å². The number of aromatic nitrogens is 1. The van der Waals surface area contributed by atoms with E-state index in [1.807, 2.05) is 30.5 Å². The number of aromatic amines is 1. The first-order chi connectivity index (χ1) is 14.6. The summed E-state index contributed by atoms with van der Waals surface area (Å²) in [5, 5.41) is 1.05. The molecule has 2 fully saturated rings. The Bertz CT molecular complexity index is 1090. The van der Waals surface area contributed by atoms with Crippen molar-refractivity contribution in [2.24, 2.45) is 0 Å². The molecule has 2 saturated heterocycles. The molecule has 154 valence electrons. The van der Waals surface area contributed by atoms with Crippen molar-refractivity contribution in [2.75, 3.05) is 19.7 Å². The molecule has 0 aliphatic carbocycles. The van der Waals surface area contributed by atoms with E-state index in [9.17, 15) is 14.0 Å². The lowest BCUT2D eigenvalue weighted by atomic mass is 10.1. The van der Waals surface area contributed by atoms with Gasteiger partial charge in [0.05, 0.1) is 18.6 Å². The molecule has 0 saturated carbocycles. The maximum Gasteiger partial charge on any atom is 0.249 e. The zero-order valence-corrected chi connectivity index (χ0v) is 16.4. The van der Waals surface area contributed by atoms with Crippen LogP contribution in [0.25, 0.3) is 10.9 Å². The van der Waals surface area contributed by atoms with Crippen molar-refractivity contribution >= 4 is 22.7 Å². The molecule has 2 aliphatic heterocycles. The third kappa shape index (κ3) is 3.45. The Kier molecular flexibility index (Phi) is 4.75. The summed E-state index contributed by atoms with van der Waals surface area (Å²) >= 11 is 0. The van der Waals surface area contributed by atoms with Crippen molar-refractivity contribution in [2.45, 2.75) is 25.1 Å². The van der Waals surface area contributed by atoms with Crippen LogP contribution in [0, 0.1) is 5.82 Å². The SMILES string of the molecule is O=C(Cc1c[nH]c2ccccc12)N1C[C@@H]2OCC(=O)N(Cc3ccc(F)cc3)[C@@H]2C1. The van der Waals surface area contributed by atoms with Crippen LogP contribution in [0.1, 0.15) is 11.1 Å². The molecule has 7 heteroatoms. The van der Waals surface area contributed by atoms with E-state index < -0.39 is 0 Å². The Hall–Kier alpha value is -3.19. The van der Waals surface area contributed by atoms with Crippen molar-refractivity contribution in [3.63, 3.8) is 0 Å². The lowest BCUT2D eigenvalue weighted by molar-refractivity contribution is -0.153. The highest BCUT2D eigenvalue weighted by Gasteiger charge is 2.44. The zero-order valence-electron chi connectivity index (χ0n) is 16.4. The Balaban J connectivity index is 1.30. The van der Waals surface area contributed by atoms with E-state index in [0.717, 1.165) is 22.0 Å². The number of nitrogens with zero attached hydrogens (tertiary/aromatic N) is 2. The Morgan fingerprint density at radius 3 is 2.77 bits per heavy atom. The van der Waals surface area contributed by atoms with E-state index in [4.69, 9.17) is 4.74 Å². The molecule has 2 aromatic carbocycles. The highest BCUT2D eigenvalue weighted by Crippen LogP contribution is 2.27. The summed E-state index contributed by atoms with van der Waals surface area (Å²) < 4.78 is 18.9. The maximum absolute atomic E-state index is 13.2. The van der Waals surface area contributed by atoms with Crippen molar-refractivity contribution in [1.82, 2.24) is 14.8 Å². The fraction of sp³-hybridized carbons (Fsp3) is 0.304. The highest BCUT2D eigenvalue weighted by atomic mass is 19.1. The lowest BCUT2D eigenvalue weighted by Gasteiger charge is -2.36. The largest absolute Gasteiger partial charge is 0.364 e. The molecule has 0 spiro atoms.